The van der Waals surface area contributed by atoms with Crippen molar-refractivity contribution in [2.45, 2.75) is 32.2 Å². The first-order valence-electron chi connectivity index (χ1n) is 10.4. The maximum absolute atomic E-state index is 12.9. The number of pyridine rings is 1. The standard InChI is InChI=1S/C23H27N3O2/c1-2-11-28-20-5-6-22-17(13-20)3-4-19-12-18(14-26(19)22)23(27)24-21-15-25-9-7-16(21)8-10-25/h3-6,12-14,16,21H,2,7-11,15H2,1H3,(H,24,27)/t21-/m0/s1. The predicted octanol–water partition coefficient (Wildman–Crippen LogP) is 3.71. The van der Waals surface area contributed by atoms with Crippen molar-refractivity contribution in [2.75, 3.05) is 26.2 Å². The van der Waals surface area contributed by atoms with Crippen LogP contribution in [-0.4, -0.2) is 47.5 Å². The number of benzene rings is 1. The molecule has 1 aromatic carbocycles. The summed E-state index contributed by atoms with van der Waals surface area (Å²) in [5.74, 6) is 1.56. The van der Waals surface area contributed by atoms with Gasteiger partial charge in [-0.3, -0.25) is 4.79 Å². The van der Waals surface area contributed by atoms with Gasteiger partial charge in [0.25, 0.3) is 5.91 Å². The summed E-state index contributed by atoms with van der Waals surface area (Å²) >= 11 is 0. The Hall–Kier alpha value is -2.53. The molecule has 0 saturated carbocycles. The van der Waals surface area contributed by atoms with Crippen LogP contribution in [0.1, 0.15) is 36.5 Å². The number of nitrogens with zero attached hydrogens (tertiary/aromatic N) is 2. The van der Waals surface area contributed by atoms with Crippen LogP contribution in [0.25, 0.3) is 16.4 Å². The molecule has 0 radical (unpaired) electrons. The minimum Gasteiger partial charge on any atom is -0.494 e. The number of aromatic nitrogens is 1. The third kappa shape index (κ3) is 3.14. The molecule has 3 fully saturated rings. The second-order valence-electron chi connectivity index (χ2n) is 8.14. The highest BCUT2D eigenvalue weighted by atomic mass is 16.5. The van der Waals surface area contributed by atoms with Gasteiger partial charge in [0.1, 0.15) is 5.75 Å². The largest absolute Gasteiger partial charge is 0.494 e. The number of fused-ring (bicyclic) bond motifs is 6. The predicted molar refractivity (Wildman–Crippen MR) is 111 cm³/mol. The fourth-order valence-electron chi connectivity index (χ4n) is 4.69. The van der Waals surface area contributed by atoms with Crippen LogP contribution in [-0.2, 0) is 0 Å². The van der Waals surface area contributed by atoms with Gasteiger partial charge in [0.2, 0.25) is 0 Å². The number of rotatable bonds is 5. The first-order chi connectivity index (χ1) is 13.7. The summed E-state index contributed by atoms with van der Waals surface area (Å²) in [6.07, 6.45) is 5.36. The molecule has 3 aliphatic heterocycles. The molecule has 1 amide bonds. The first kappa shape index (κ1) is 17.6. The van der Waals surface area contributed by atoms with Crippen LogP contribution in [0.3, 0.4) is 0 Å². The number of carbonyl (C=O) groups is 1. The summed E-state index contributed by atoms with van der Waals surface area (Å²) in [6, 6.07) is 12.6. The van der Waals surface area contributed by atoms with Crippen LogP contribution in [0.4, 0.5) is 0 Å². The van der Waals surface area contributed by atoms with Crippen LogP contribution < -0.4 is 10.1 Å². The van der Waals surface area contributed by atoms with Crippen molar-refractivity contribution in [3.63, 3.8) is 0 Å². The Morgan fingerprint density at radius 2 is 2.04 bits per heavy atom. The zero-order chi connectivity index (χ0) is 19.1. The third-order valence-electron chi connectivity index (χ3n) is 6.25. The lowest BCUT2D eigenvalue weighted by atomic mass is 9.84. The van der Waals surface area contributed by atoms with Gasteiger partial charge >= 0.3 is 0 Å². The Morgan fingerprint density at radius 1 is 1.18 bits per heavy atom. The fraction of sp³-hybridized carbons (Fsp3) is 0.435. The maximum Gasteiger partial charge on any atom is 0.253 e. The quantitative estimate of drug-likeness (QED) is 0.737. The summed E-state index contributed by atoms with van der Waals surface area (Å²) in [5, 5.41) is 4.41. The van der Waals surface area contributed by atoms with Gasteiger partial charge in [0, 0.05) is 29.7 Å². The SMILES string of the molecule is CCCOc1ccc2c(ccc3cc(C(=O)N[C@H]4CN5CCC4CC5)cn32)c1. The summed E-state index contributed by atoms with van der Waals surface area (Å²) in [7, 11) is 0. The van der Waals surface area contributed by atoms with Gasteiger partial charge in [-0.25, -0.2) is 0 Å². The monoisotopic (exact) mass is 377 g/mol. The van der Waals surface area contributed by atoms with Crippen LogP contribution in [0.5, 0.6) is 5.75 Å². The van der Waals surface area contributed by atoms with E-state index < -0.39 is 0 Å². The Bertz CT molecular complexity index is 1020. The molecule has 2 aromatic heterocycles. The molecule has 146 valence electrons. The van der Waals surface area contributed by atoms with Gasteiger partial charge in [-0.1, -0.05) is 13.0 Å². The summed E-state index contributed by atoms with van der Waals surface area (Å²) in [4.78, 5) is 15.4. The van der Waals surface area contributed by atoms with Crippen LogP contribution in [0, 0.1) is 5.92 Å². The smallest absolute Gasteiger partial charge is 0.253 e. The normalized spacial score (nSPS) is 24.0. The molecule has 6 rings (SSSR count). The average Bonchev–Trinajstić information content (AvgIpc) is 3.18. The lowest BCUT2D eigenvalue weighted by Gasteiger charge is -2.44. The highest BCUT2D eigenvalue weighted by Crippen LogP contribution is 2.28. The molecular formula is C23H27N3O2. The van der Waals surface area contributed by atoms with E-state index in [4.69, 9.17) is 4.74 Å². The maximum atomic E-state index is 12.9. The topological polar surface area (TPSA) is 46.0 Å². The highest BCUT2D eigenvalue weighted by Gasteiger charge is 2.35. The molecule has 28 heavy (non-hydrogen) atoms. The van der Waals surface area contributed by atoms with E-state index in [1.807, 2.05) is 18.3 Å². The molecule has 1 N–H and O–H groups in total. The second kappa shape index (κ2) is 7.13. The number of carbonyl (C=O) groups excluding carboxylic acids is 1. The van der Waals surface area contributed by atoms with Crippen molar-refractivity contribution in [2.24, 2.45) is 5.92 Å². The summed E-state index contributed by atoms with van der Waals surface area (Å²) in [6.45, 7) is 6.19. The Morgan fingerprint density at radius 3 is 2.79 bits per heavy atom. The fourth-order valence-corrected chi connectivity index (χ4v) is 4.69. The van der Waals surface area contributed by atoms with E-state index in [2.05, 4.69) is 45.8 Å². The lowest BCUT2D eigenvalue weighted by molar-refractivity contribution is 0.0620. The Kier molecular flexibility index (Phi) is 4.47. The van der Waals surface area contributed by atoms with E-state index >= 15 is 0 Å². The Labute approximate surface area is 165 Å². The number of piperidine rings is 3. The van der Waals surface area contributed by atoms with E-state index in [1.54, 1.807) is 0 Å². The second-order valence-corrected chi connectivity index (χ2v) is 8.14. The molecule has 1 atom stereocenters. The number of hydrogen-bond donors (Lipinski definition) is 1. The number of amides is 1. The van der Waals surface area contributed by atoms with E-state index in [0.29, 0.717) is 5.92 Å². The number of hydrogen-bond acceptors (Lipinski definition) is 3. The molecule has 5 heteroatoms. The van der Waals surface area contributed by atoms with Crippen molar-refractivity contribution in [3.8, 4) is 5.75 Å². The lowest BCUT2D eigenvalue weighted by Crippen LogP contribution is -2.57. The van der Waals surface area contributed by atoms with Crippen molar-refractivity contribution in [1.29, 1.82) is 0 Å². The van der Waals surface area contributed by atoms with Gasteiger partial charge in [0.15, 0.2) is 0 Å². The van der Waals surface area contributed by atoms with Crippen molar-refractivity contribution in [3.05, 3.63) is 48.2 Å². The van der Waals surface area contributed by atoms with Gasteiger partial charge in [-0.05, 0) is 68.6 Å². The minimum absolute atomic E-state index is 0.0403. The first-order valence-corrected chi connectivity index (χ1v) is 10.4. The van der Waals surface area contributed by atoms with Crippen molar-refractivity contribution < 1.29 is 9.53 Å². The molecule has 5 heterocycles. The molecule has 3 aromatic rings. The van der Waals surface area contributed by atoms with E-state index in [-0.39, 0.29) is 11.9 Å². The molecule has 0 unspecified atom stereocenters. The molecule has 0 aliphatic carbocycles. The van der Waals surface area contributed by atoms with Gasteiger partial charge < -0.3 is 19.4 Å². The zero-order valence-corrected chi connectivity index (χ0v) is 16.4. The number of nitrogens with one attached hydrogen (secondary N) is 1. The van der Waals surface area contributed by atoms with Gasteiger partial charge in [0.05, 0.1) is 17.7 Å². The van der Waals surface area contributed by atoms with Gasteiger partial charge in [-0.15, -0.1) is 0 Å². The molecule has 3 saturated heterocycles. The number of ether oxygens (including phenoxy) is 1. The van der Waals surface area contributed by atoms with Crippen LogP contribution >= 0.6 is 0 Å². The third-order valence-corrected chi connectivity index (χ3v) is 6.25. The van der Waals surface area contributed by atoms with Crippen LogP contribution in [0.15, 0.2) is 42.6 Å². The van der Waals surface area contributed by atoms with Gasteiger partial charge in [-0.2, -0.15) is 0 Å². The average molecular weight is 377 g/mol. The molecule has 5 nitrogen and oxygen atoms in total. The molecule has 0 spiro atoms. The van der Waals surface area contributed by atoms with E-state index in [9.17, 15) is 4.79 Å². The minimum atomic E-state index is 0.0403. The van der Waals surface area contributed by atoms with Crippen molar-refractivity contribution >= 4 is 22.3 Å². The summed E-state index contributed by atoms with van der Waals surface area (Å²) in [5.41, 5.74) is 2.85. The zero-order valence-electron chi connectivity index (χ0n) is 16.4. The van der Waals surface area contributed by atoms with Crippen molar-refractivity contribution in [1.82, 2.24) is 14.6 Å². The summed E-state index contributed by atoms with van der Waals surface area (Å²) < 4.78 is 7.85. The van der Waals surface area contributed by atoms with Crippen LogP contribution in [0.2, 0.25) is 0 Å². The molecular weight excluding hydrogens is 350 g/mol. The highest BCUT2D eigenvalue weighted by molar-refractivity contribution is 5.97. The molecule has 2 bridgehead atoms. The van der Waals surface area contributed by atoms with E-state index in [0.717, 1.165) is 47.3 Å². The van der Waals surface area contributed by atoms with E-state index in [1.165, 1.54) is 25.9 Å². The Balaban J connectivity index is 1.41. The molecule has 3 aliphatic rings.